The van der Waals surface area contributed by atoms with Gasteiger partial charge in [0.1, 0.15) is 0 Å². The van der Waals surface area contributed by atoms with Gasteiger partial charge in [-0.15, -0.1) is 0 Å². The smallest absolute Gasteiger partial charge is 0.240 e. The Kier molecular flexibility index (Phi) is 6.75. The predicted octanol–water partition coefficient (Wildman–Crippen LogP) is 3.64. The van der Waals surface area contributed by atoms with E-state index in [2.05, 4.69) is 10.0 Å². The fourth-order valence-corrected chi connectivity index (χ4v) is 4.94. The van der Waals surface area contributed by atoms with Crippen LogP contribution in [0.1, 0.15) is 37.7 Å². The molecule has 1 amide bonds. The second kappa shape index (κ2) is 9.07. The van der Waals surface area contributed by atoms with Crippen LogP contribution in [0.2, 0.25) is 5.02 Å². The van der Waals surface area contributed by atoms with Crippen LogP contribution >= 0.6 is 11.6 Å². The molecule has 0 saturated heterocycles. The first-order valence-corrected chi connectivity index (χ1v) is 11.3. The zero-order chi connectivity index (χ0) is 20.0. The Balaban J connectivity index is 1.52. The maximum atomic E-state index is 12.3. The van der Waals surface area contributed by atoms with Crippen molar-refractivity contribution < 1.29 is 13.2 Å². The van der Waals surface area contributed by atoms with Gasteiger partial charge in [0.25, 0.3) is 0 Å². The topological polar surface area (TPSA) is 75.3 Å². The van der Waals surface area contributed by atoms with Crippen molar-refractivity contribution in [1.29, 1.82) is 0 Å². The summed E-state index contributed by atoms with van der Waals surface area (Å²) in [7, 11) is -3.59. The van der Waals surface area contributed by atoms with Gasteiger partial charge in [0.15, 0.2) is 0 Å². The SMILES string of the molecule is O=C(CCNS(=O)(=O)c1ccccc1)NCC1(c2ccc(Cl)cc2)CCCC1. The Morgan fingerprint density at radius 2 is 1.64 bits per heavy atom. The minimum Gasteiger partial charge on any atom is -0.355 e. The monoisotopic (exact) mass is 420 g/mol. The average molecular weight is 421 g/mol. The van der Waals surface area contributed by atoms with Crippen LogP contribution in [0.5, 0.6) is 0 Å². The van der Waals surface area contributed by atoms with E-state index in [0.29, 0.717) is 11.6 Å². The Labute approximate surface area is 171 Å². The van der Waals surface area contributed by atoms with E-state index in [0.717, 1.165) is 25.7 Å². The van der Waals surface area contributed by atoms with E-state index >= 15 is 0 Å². The molecule has 0 atom stereocenters. The highest BCUT2D eigenvalue weighted by atomic mass is 35.5. The predicted molar refractivity (Wildman–Crippen MR) is 111 cm³/mol. The average Bonchev–Trinajstić information content (AvgIpc) is 3.18. The van der Waals surface area contributed by atoms with E-state index < -0.39 is 10.0 Å². The molecule has 150 valence electrons. The van der Waals surface area contributed by atoms with Crippen molar-refractivity contribution in [2.45, 2.75) is 42.4 Å². The fraction of sp³-hybridized carbons (Fsp3) is 0.381. The molecule has 2 aromatic carbocycles. The zero-order valence-electron chi connectivity index (χ0n) is 15.7. The molecule has 0 heterocycles. The molecule has 3 rings (SSSR count). The molecule has 0 spiro atoms. The highest BCUT2D eigenvalue weighted by Gasteiger charge is 2.35. The highest BCUT2D eigenvalue weighted by molar-refractivity contribution is 7.89. The van der Waals surface area contributed by atoms with Crippen molar-refractivity contribution in [3.63, 3.8) is 0 Å². The van der Waals surface area contributed by atoms with Gasteiger partial charge in [0.05, 0.1) is 4.90 Å². The van der Waals surface area contributed by atoms with Crippen molar-refractivity contribution in [3.8, 4) is 0 Å². The van der Waals surface area contributed by atoms with Crippen LogP contribution < -0.4 is 10.0 Å². The number of hydrogen-bond acceptors (Lipinski definition) is 3. The van der Waals surface area contributed by atoms with E-state index in [-0.39, 0.29) is 29.2 Å². The summed E-state index contributed by atoms with van der Waals surface area (Å²) in [5.74, 6) is -0.156. The van der Waals surface area contributed by atoms with Gasteiger partial charge in [-0.05, 0) is 42.7 Å². The lowest BCUT2D eigenvalue weighted by Gasteiger charge is -2.30. The van der Waals surface area contributed by atoms with Crippen molar-refractivity contribution in [3.05, 3.63) is 65.2 Å². The van der Waals surface area contributed by atoms with Gasteiger partial charge < -0.3 is 5.32 Å². The third-order valence-electron chi connectivity index (χ3n) is 5.34. The van der Waals surface area contributed by atoms with E-state index in [9.17, 15) is 13.2 Å². The number of carbonyl (C=O) groups is 1. The number of nitrogens with one attached hydrogen (secondary N) is 2. The molecule has 28 heavy (non-hydrogen) atoms. The molecule has 0 unspecified atom stereocenters. The number of carbonyl (C=O) groups excluding carboxylic acids is 1. The molecule has 2 N–H and O–H groups in total. The second-order valence-corrected chi connectivity index (χ2v) is 9.44. The summed E-state index contributed by atoms with van der Waals surface area (Å²) >= 11 is 6.00. The maximum Gasteiger partial charge on any atom is 0.240 e. The summed E-state index contributed by atoms with van der Waals surface area (Å²) in [4.78, 5) is 12.5. The van der Waals surface area contributed by atoms with Crippen LogP contribution in [0.3, 0.4) is 0 Å². The highest BCUT2D eigenvalue weighted by Crippen LogP contribution is 2.40. The van der Waals surface area contributed by atoms with Crippen molar-refractivity contribution >= 4 is 27.5 Å². The summed E-state index contributed by atoms with van der Waals surface area (Å²) in [6.45, 7) is 0.621. The zero-order valence-corrected chi connectivity index (χ0v) is 17.2. The van der Waals surface area contributed by atoms with Crippen molar-refractivity contribution in [2.24, 2.45) is 0 Å². The van der Waals surface area contributed by atoms with E-state index in [4.69, 9.17) is 11.6 Å². The molecule has 0 radical (unpaired) electrons. The molecule has 1 aliphatic rings. The Hall–Kier alpha value is -1.89. The molecule has 1 saturated carbocycles. The number of amides is 1. The summed E-state index contributed by atoms with van der Waals surface area (Å²) in [6, 6.07) is 16.0. The molecular weight excluding hydrogens is 396 g/mol. The van der Waals surface area contributed by atoms with Crippen LogP contribution in [0, 0.1) is 0 Å². The van der Waals surface area contributed by atoms with Gasteiger partial charge in [-0.3, -0.25) is 4.79 Å². The standard InChI is InChI=1S/C21H25ClN2O3S/c22-18-10-8-17(9-11-18)21(13-4-5-14-21)16-23-20(25)12-15-24-28(26,27)19-6-2-1-3-7-19/h1-3,6-11,24H,4-5,12-16H2,(H,23,25). The van der Waals surface area contributed by atoms with Gasteiger partial charge in [-0.2, -0.15) is 0 Å². The Morgan fingerprint density at radius 1 is 1.00 bits per heavy atom. The molecule has 1 fully saturated rings. The molecule has 7 heteroatoms. The minimum absolute atomic E-state index is 0.0657. The van der Waals surface area contributed by atoms with Gasteiger partial charge in [-0.1, -0.05) is 54.8 Å². The third-order valence-corrected chi connectivity index (χ3v) is 7.07. The van der Waals surface area contributed by atoms with E-state index in [1.165, 1.54) is 17.7 Å². The van der Waals surface area contributed by atoms with E-state index in [1.807, 2.05) is 24.3 Å². The van der Waals surface area contributed by atoms with Crippen LogP contribution in [-0.4, -0.2) is 27.4 Å². The number of sulfonamides is 1. The van der Waals surface area contributed by atoms with Gasteiger partial charge in [0.2, 0.25) is 15.9 Å². The summed E-state index contributed by atoms with van der Waals surface area (Å²) < 4.78 is 26.9. The molecular formula is C21H25ClN2O3S. The van der Waals surface area contributed by atoms with Crippen molar-refractivity contribution in [2.75, 3.05) is 13.1 Å². The summed E-state index contributed by atoms with van der Waals surface area (Å²) in [5, 5.41) is 3.70. The lowest BCUT2D eigenvalue weighted by atomic mass is 9.79. The molecule has 1 aliphatic carbocycles. The van der Waals surface area contributed by atoms with Gasteiger partial charge in [-0.25, -0.2) is 13.1 Å². The third kappa shape index (κ3) is 5.13. The first-order valence-electron chi connectivity index (χ1n) is 9.49. The van der Waals surface area contributed by atoms with Gasteiger partial charge >= 0.3 is 0 Å². The number of hydrogen-bond donors (Lipinski definition) is 2. The van der Waals surface area contributed by atoms with Crippen LogP contribution in [0.25, 0.3) is 0 Å². The maximum absolute atomic E-state index is 12.3. The van der Waals surface area contributed by atoms with Gasteiger partial charge in [0, 0.05) is 29.9 Å². The number of rotatable bonds is 8. The Bertz CT molecular complexity index is 893. The fourth-order valence-electron chi connectivity index (χ4n) is 3.76. The summed E-state index contributed by atoms with van der Waals surface area (Å²) in [5.41, 5.74) is 1.13. The molecule has 2 aromatic rings. The second-order valence-electron chi connectivity index (χ2n) is 7.23. The summed E-state index contributed by atoms with van der Waals surface area (Å²) in [6.07, 6.45) is 4.42. The molecule has 0 bridgehead atoms. The molecule has 0 aliphatic heterocycles. The van der Waals surface area contributed by atoms with Crippen LogP contribution in [0.4, 0.5) is 0 Å². The van der Waals surface area contributed by atoms with Crippen molar-refractivity contribution in [1.82, 2.24) is 10.0 Å². The first kappa shape index (κ1) is 20.8. The minimum atomic E-state index is -3.59. The number of halogens is 1. The molecule has 0 aromatic heterocycles. The van der Waals surface area contributed by atoms with Crippen LogP contribution in [0.15, 0.2) is 59.5 Å². The lowest BCUT2D eigenvalue weighted by molar-refractivity contribution is -0.121. The van der Waals surface area contributed by atoms with Crippen LogP contribution in [-0.2, 0) is 20.2 Å². The Morgan fingerprint density at radius 3 is 2.29 bits per heavy atom. The molecule has 5 nitrogen and oxygen atoms in total. The first-order chi connectivity index (χ1) is 13.4. The number of benzene rings is 2. The quantitative estimate of drug-likeness (QED) is 0.684. The van der Waals surface area contributed by atoms with E-state index in [1.54, 1.807) is 18.2 Å². The lowest BCUT2D eigenvalue weighted by Crippen LogP contribution is -2.40. The normalized spacial score (nSPS) is 16.0. The largest absolute Gasteiger partial charge is 0.355 e.